The van der Waals surface area contributed by atoms with Crippen LogP contribution in [-0.2, 0) is 5.67 Å². The number of halogens is 1. The molecule has 0 bridgehead atoms. The minimum Gasteiger partial charge on any atom is -0.353 e. The lowest BCUT2D eigenvalue weighted by molar-refractivity contribution is 0.0944. The Kier molecular flexibility index (Phi) is 7.17. The predicted octanol–water partition coefficient (Wildman–Crippen LogP) is 6.37. The number of benzene rings is 2. The van der Waals surface area contributed by atoms with E-state index in [4.69, 9.17) is 0 Å². The zero-order chi connectivity index (χ0) is 19.9. The molecule has 2 aromatic rings. The van der Waals surface area contributed by atoms with Gasteiger partial charge in [-0.2, -0.15) is 0 Å². The molecular weight excluding hydrogens is 337 g/mol. The average Bonchev–Trinajstić information content (AvgIpc) is 2.70. The van der Waals surface area contributed by atoms with Crippen molar-refractivity contribution < 1.29 is 4.39 Å². The first-order chi connectivity index (χ1) is 13.0. The Hall–Kier alpha value is -2.62. The van der Waals surface area contributed by atoms with E-state index in [1.165, 1.54) is 0 Å². The molecular formula is C23H30FN3. The maximum absolute atomic E-state index is 15.7. The zero-order valence-electron chi connectivity index (χ0n) is 16.9. The third kappa shape index (κ3) is 4.76. The molecule has 27 heavy (non-hydrogen) atoms. The van der Waals surface area contributed by atoms with Gasteiger partial charge in [-0.1, -0.05) is 63.2 Å². The Labute approximate surface area is 162 Å². The summed E-state index contributed by atoms with van der Waals surface area (Å²) < 4.78 is 15.7. The maximum atomic E-state index is 15.7. The molecule has 0 fully saturated rings. The number of nitrogens with one attached hydrogen (secondary N) is 2. The molecule has 2 aromatic carbocycles. The Balaban J connectivity index is 2.34. The fourth-order valence-corrected chi connectivity index (χ4v) is 3.18. The second-order valence-electron chi connectivity index (χ2n) is 6.81. The monoisotopic (exact) mass is 367 g/mol. The topological polar surface area (TPSA) is 36.4 Å². The van der Waals surface area contributed by atoms with Crippen LogP contribution < -0.4 is 10.6 Å². The highest BCUT2D eigenvalue weighted by Crippen LogP contribution is 2.41. The predicted molar refractivity (Wildman–Crippen MR) is 115 cm³/mol. The summed E-state index contributed by atoms with van der Waals surface area (Å²) >= 11 is 0. The van der Waals surface area contributed by atoms with Gasteiger partial charge in [0.15, 0.2) is 0 Å². The van der Waals surface area contributed by atoms with Gasteiger partial charge < -0.3 is 10.6 Å². The van der Waals surface area contributed by atoms with Crippen LogP contribution in [0.1, 0.15) is 39.7 Å². The lowest BCUT2D eigenvalue weighted by atomic mass is 9.82. The average molecular weight is 368 g/mol. The molecule has 2 rings (SSSR count). The van der Waals surface area contributed by atoms with Crippen molar-refractivity contribution >= 4 is 17.2 Å². The highest BCUT2D eigenvalue weighted by Gasteiger charge is 2.35. The van der Waals surface area contributed by atoms with E-state index >= 15 is 4.39 Å². The summed E-state index contributed by atoms with van der Waals surface area (Å²) in [4.78, 5) is 4.40. The third-order valence-electron chi connectivity index (χ3n) is 4.88. The van der Waals surface area contributed by atoms with Crippen LogP contribution in [0, 0.1) is 5.92 Å². The van der Waals surface area contributed by atoms with Gasteiger partial charge in [0, 0.05) is 24.0 Å². The van der Waals surface area contributed by atoms with Gasteiger partial charge in [-0.3, -0.25) is 4.99 Å². The van der Waals surface area contributed by atoms with Crippen LogP contribution in [-0.4, -0.2) is 12.9 Å². The van der Waals surface area contributed by atoms with E-state index < -0.39 is 5.67 Å². The summed E-state index contributed by atoms with van der Waals surface area (Å²) in [7, 11) is 1.73. The summed E-state index contributed by atoms with van der Waals surface area (Å²) in [6, 6.07) is 17.5. The van der Waals surface area contributed by atoms with Crippen molar-refractivity contribution in [1.82, 2.24) is 0 Å². The van der Waals surface area contributed by atoms with E-state index in [0.717, 1.165) is 17.1 Å². The summed E-state index contributed by atoms with van der Waals surface area (Å²) in [5.41, 5.74) is 1.82. The van der Waals surface area contributed by atoms with Gasteiger partial charge in [-0.15, -0.1) is 0 Å². The number of allylic oxidation sites excluding steroid dienone is 1. The smallest absolute Gasteiger partial charge is 0.148 e. The van der Waals surface area contributed by atoms with Gasteiger partial charge in [0.25, 0.3) is 0 Å². The van der Waals surface area contributed by atoms with Crippen LogP contribution in [0.25, 0.3) is 0 Å². The highest BCUT2D eigenvalue weighted by atomic mass is 19.1. The van der Waals surface area contributed by atoms with Crippen molar-refractivity contribution in [1.29, 1.82) is 0 Å². The first kappa shape index (κ1) is 20.7. The van der Waals surface area contributed by atoms with Crippen molar-refractivity contribution in [2.75, 3.05) is 17.7 Å². The number of hydrogen-bond donors (Lipinski definition) is 2. The van der Waals surface area contributed by atoms with E-state index in [2.05, 4.69) is 15.6 Å². The Morgan fingerprint density at radius 3 is 2.26 bits per heavy atom. The van der Waals surface area contributed by atoms with Crippen LogP contribution in [0.2, 0.25) is 0 Å². The van der Waals surface area contributed by atoms with Gasteiger partial charge in [0.05, 0.1) is 5.70 Å². The van der Waals surface area contributed by atoms with Crippen molar-refractivity contribution in [3.8, 4) is 0 Å². The van der Waals surface area contributed by atoms with Crippen molar-refractivity contribution in [3.05, 3.63) is 71.9 Å². The van der Waals surface area contributed by atoms with E-state index in [1.54, 1.807) is 7.05 Å². The first-order valence-corrected chi connectivity index (χ1v) is 9.47. The van der Waals surface area contributed by atoms with E-state index in [1.807, 2.05) is 88.4 Å². The normalized spacial score (nSPS) is 14.8. The fourth-order valence-electron chi connectivity index (χ4n) is 3.18. The minimum atomic E-state index is -1.40. The molecule has 0 aromatic heterocycles. The molecule has 0 aliphatic heterocycles. The molecule has 0 amide bonds. The molecule has 0 aliphatic rings. The molecule has 0 spiro atoms. The Morgan fingerprint density at radius 2 is 1.70 bits per heavy atom. The van der Waals surface area contributed by atoms with E-state index in [9.17, 15) is 0 Å². The second-order valence-corrected chi connectivity index (χ2v) is 6.81. The summed E-state index contributed by atoms with van der Waals surface area (Å²) in [5, 5.41) is 6.71. The summed E-state index contributed by atoms with van der Waals surface area (Å²) in [6.07, 6.45) is 2.37. The molecule has 0 aliphatic carbocycles. The third-order valence-corrected chi connectivity index (χ3v) is 4.88. The summed E-state index contributed by atoms with van der Waals surface area (Å²) in [6.45, 7) is 7.68. The number of amidine groups is 1. The number of alkyl halides is 1. The van der Waals surface area contributed by atoms with Crippen molar-refractivity contribution in [3.63, 3.8) is 0 Å². The molecule has 144 valence electrons. The van der Waals surface area contributed by atoms with E-state index in [0.29, 0.717) is 17.8 Å². The Morgan fingerprint density at radius 1 is 1.07 bits per heavy atom. The molecule has 3 nitrogen and oxygen atoms in total. The van der Waals surface area contributed by atoms with Gasteiger partial charge in [0.1, 0.15) is 11.5 Å². The SMILES string of the molecule is C/C=C(Nc1ccccc1)\C(=N/C)Nc1ccccc1C(F)(CC)C(C)C. The molecule has 0 radical (unpaired) electrons. The summed E-state index contributed by atoms with van der Waals surface area (Å²) in [5.74, 6) is 0.534. The van der Waals surface area contributed by atoms with E-state index in [-0.39, 0.29) is 5.92 Å². The molecule has 0 heterocycles. The van der Waals surface area contributed by atoms with Crippen LogP contribution in [0.5, 0.6) is 0 Å². The number of rotatable bonds is 7. The zero-order valence-corrected chi connectivity index (χ0v) is 16.9. The molecule has 1 atom stereocenters. The molecule has 0 saturated carbocycles. The minimum absolute atomic E-state index is 0.129. The molecule has 1 unspecified atom stereocenters. The number of anilines is 2. The van der Waals surface area contributed by atoms with Gasteiger partial charge >= 0.3 is 0 Å². The fraction of sp³-hybridized carbons (Fsp3) is 0.348. The van der Waals surface area contributed by atoms with Gasteiger partial charge in [0.2, 0.25) is 0 Å². The van der Waals surface area contributed by atoms with Crippen LogP contribution in [0.15, 0.2) is 71.4 Å². The van der Waals surface area contributed by atoms with Gasteiger partial charge in [-0.05, 0) is 37.5 Å². The number of hydrogen-bond acceptors (Lipinski definition) is 2. The van der Waals surface area contributed by atoms with Crippen molar-refractivity contribution in [2.45, 2.75) is 39.8 Å². The number of aliphatic imine (C=N–C) groups is 1. The number of nitrogens with zero attached hydrogens (tertiary/aromatic N) is 1. The second kappa shape index (κ2) is 9.36. The molecule has 4 heteroatoms. The van der Waals surface area contributed by atoms with Crippen LogP contribution in [0.4, 0.5) is 15.8 Å². The maximum Gasteiger partial charge on any atom is 0.148 e. The standard InChI is InChI=1S/C23H30FN3/c1-6-20(26-18-13-9-8-10-14-18)22(25-5)27-21-16-12-11-15-19(21)23(24,7-2)17(3)4/h6,8-17,26H,7H2,1-5H3,(H,25,27)/b20-6+. The van der Waals surface area contributed by atoms with Crippen LogP contribution >= 0.6 is 0 Å². The largest absolute Gasteiger partial charge is 0.353 e. The van der Waals surface area contributed by atoms with Gasteiger partial charge in [-0.25, -0.2) is 4.39 Å². The lowest BCUT2D eigenvalue weighted by Gasteiger charge is -2.31. The lowest BCUT2D eigenvalue weighted by Crippen LogP contribution is -2.29. The number of para-hydroxylation sites is 2. The van der Waals surface area contributed by atoms with Crippen molar-refractivity contribution in [2.24, 2.45) is 10.9 Å². The Bertz CT molecular complexity index is 796. The quantitative estimate of drug-likeness (QED) is 0.440. The molecule has 0 saturated heterocycles. The highest BCUT2D eigenvalue weighted by molar-refractivity contribution is 6.10. The first-order valence-electron chi connectivity index (χ1n) is 9.47. The molecule has 2 N–H and O–H groups in total. The van der Waals surface area contributed by atoms with Crippen LogP contribution in [0.3, 0.4) is 0 Å².